The summed E-state index contributed by atoms with van der Waals surface area (Å²) in [5.74, 6) is 2.60. The van der Waals surface area contributed by atoms with Gasteiger partial charge in [-0.05, 0) is 149 Å². The number of para-hydroxylation sites is 3. The van der Waals surface area contributed by atoms with Gasteiger partial charge in [0.05, 0.1) is 11.0 Å². The number of benzene rings is 9. The van der Waals surface area contributed by atoms with Crippen molar-refractivity contribution in [3.63, 3.8) is 0 Å². The fraction of sp³-hybridized carbons (Fsp3) is 0.0645. The van der Waals surface area contributed by atoms with Gasteiger partial charge in [0, 0.05) is 62.1 Å². The van der Waals surface area contributed by atoms with Crippen molar-refractivity contribution in [3.05, 3.63) is 247 Å². The van der Waals surface area contributed by atoms with Gasteiger partial charge >= 0.3 is 0 Å². The average Bonchev–Trinajstić information content (AvgIpc) is 3.79. The maximum absolute atomic E-state index is 5.19. The van der Waals surface area contributed by atoms with Crippen LogP contribution in [0, 0.1) is 27.7 Å². The Labute approximate surface area is 403 Å². The van der Waals surface area contributed by atoms with Crippen LogP contribution in [-0.2, 0) is 0 Å². The number of imidazole rings is 1. The van der Waals surface area contributed by atoms with Crippen LogP contribution in [0.1, 0.15) is 22.3 Å². The van der Waals surface area contributed by atoms with Crippen molar-refractivity contribution in [3.8, 4) is 51.2 Å². The van der Waals surface area contributed by atoms with E-state index in [-0.39, 0.29) is 0 Å². The monoisotopic (exact) mass is 891 g/mol. The van der Waals surface area contributed by atoms with Crippen LogP contribution in [0.3, 0.4) is 0 Å². The van der Waals surface area contributed by atoms with E-state index in [2.05, 4.69) is 254 Å². The molecule has 0 spiro atoms. The molecule has 2 aromatic heterocycles. The summed E-state index contributed by atoms with van der Waals surface area (Å²) in [6.45, 7) is 8.46. The van der Waals surface area contributed by atoms with Gasteiger partial charge in [-0.3, -0.25) is 4.57 Å². The van der Waals surface area contributed by atoms with Gasteiger partial charge in [0.15, 0.2) is 17.5 Å². The van der Waals surface area contributed by atoms with Gasteiger partial charge in [0.25, 0.3) is 0 Å². The zero-order chi connectivity index (χ0) is 46.8. The van der Waals surface area contributed by atoms with E-state index in [9.17, 15) is 0 Å². The zero-order valence-corrected chi connectivity index (χ0v) is 39.0. The van der Waals surface area contributed by atoms with Crippen LogP contribution in [0.2, 0.25) is 0 Å². The van der Waals surface area contributed by atoms with E-state index < -0.39 is 0 Å². The Kier molecular flexibility index (Phi) is 11.4. The van der Waals surface area contributed by atoms with E-state index >= 15 is 0 Å². The number of nitrogens with zero attached hydrogens (tertiary/aromatic N) is 7. The minimum absolute atomic E-state index is 0.577. The SMILES string of the molecule is Cc1ccc(N(c2ccc(C)cc2)c2ccc(-c3nc(-c4ccc(-c5nc6ccccc6n5-c5ccccc5)cc4)nc(-c4ccc(N(c5ccc(C)cc5)c5ccc(C)cc5)cc4)n3)cc2)cc1. The summed E-state index contributed by atoms with van der Waals surface area (Å²) in [4.78, 5) is 25.2. The van der Waals surface area contributed by atoms with Crippen LogP contribution in [0.4, 0.5) is 34.1 Å². The number of aryl methyl sites for hydroxylation is 4. The van der Waals surface area contributed by atoms with Gasteiger partial charge in [-0.25, -0.2) is 19.9 Å². The van der Waals surface area contributed by atoms with E-state index in [4.69, 9.17) is 19.9 Å². The van der Waals surface area contributed by atoms with Gasteiger partial charge in [0.1, 0.15) is 5.82 Å². The van der Waals surface area contributed by atoms with Gasteiger partial charge in [0.2, 0.25) is 0 Å². The first-order valence-electron chi connectivity index (χ1n) is 23.3. The minimum Gasteiger partial charge on any atom is -0.311 e. The van der Waals surface area contributed by atoms with E-state index in [0.29, 0.717) is 17.5 Å². The van der Waals surface area contributed by atoms with E-state index in [1.165, 1.54) is 22.3 Å². The number of fused-ring (bicyclic) bond motifs is 1. The second kappa shape index (κ2) is 18.4. The third-order valence-electron chi connectivity index (χ3n) is 12.5. The maximum Gasteiger partial charge on any atom is 0.164 e. The zero-order valence-electron chi connectivity index (χ0n) is 39.0. The maximum atomic E-state index is 5.19. The molecule has 69 heavy (non-hydrogen) atoms. The molecule has 0 amide bonds. The van der Waals surface area contributed by atoms with Crippen LogP contribution in [0.15, 0.2) is 224 Å². The molecule has 0 aliphatic carbocycles. The summed E-state index contributed by atoms with van der Waals surface area (Å²) in [7, 11) is 0. The smallest absolute Gasteiger partial charge is 0.164 e. The largest absolute Gasteiger partial charge is 0.311 e. The number of anilines is 6. The highest BCUT2D eigenvalue weighted by Crippen LogP contribution is 2.39. The fourth-order valence-electron chi connectivity index (χ4n) is 8.78. The molecule has 0 aliphatic heterocycles. The molecule has 0 saturated carbocycles. The topological polar surface area (TPSA) is 63.0 Å². The minimum atomic E-state index is 0.577. The molecule has 332 valence electrons. The lowest BCUT2D eigenvalue weighted by atomic mass is 10.1. The van der Waals surface area contributed by atoms with Crippen molar-refractivity contribution >= 4 is 45.2 Å². The molecule has 9 aromatic carbocycles. The van der Waals surface area contributed by atoms with Crippen molar-refractivity contribution in [1.29, 1.82) is 0 Å². The van der Waals surface area contributed by atoms with Crippen LogP contribution >= 0.6 is 0 Å². The van der Waals surface area contributed by atoms with Crippen molar-refractivity contribution in [2.24, 2.45) is 0 Å². The second-order valence-electron chi connectivity index (χ2n) is 17.6. The van der Waals surface area contributed by atoms with E-state index in [0.717, 1.165) is 78.9 Å². The quantitative estimate of drug-likeness (QED) is 0.129. The number of hydrogen-bond acceptors (Lipinski definition) is 6. The third-order valence-corrected chi connectivity index (χ3v) is 12.5. The molecule has 0 bridgehead atoms. The molecule has 11 rings (SSSR count). The average molecular weight is 892 g/mol. The molecule has 7 nitrogen and oxygen atoms in total. The number of aromatic nitrogens is 5. The van der Waals surface area contributed by atoms with Crippen LogP contribution in [-0.4, -0.2) is 24.5 Å². The van der Waals surface area contributed by atoms with E-state index in [1.54, 1.807) is 0 Å². The first-order chi connectivity index (χ1) is 33.8. The number of rotatable bonds is 11. The Morgan fingerprint density at radius 3 is 0.971 bits per heavy atom. The fourth-order valence-corrected chi connectivity index (χ4v) is 8.78. The predicted molar refractivity (Wildman–Crippen MR) is 285 cm³/mol. The van der Waals surface area contributed by atoms with Crippen molar-refractivity contribution in [2.45, 2.75) is 27.7 Å². The molecule has 0 atom stereocenters. The summed E-state index contributed by atoms with van der Waals surface area (Å²) >= 11 is 0. The van der Waals surface area contributed by atoms with Crippen LogP contribution in [0.5, 0.6) is 0 Å². The molecular formula is C62H49N7. The van der Waals surface area contributed by atoms with Crippen LogP contribution < -0.4 is 9.80 Å². The lowest BCUT2D eigenvalue weighted by Crippen LogP contribution is -2.10. The third kappa shape index (κ3) is 8.77. The number of hydrogen-bond donors (Lipinski definition) is 0. The highest BCUT2D eigenvalue weighted by molar-refractivity contribution is 5.84. The van der Waals surface area contributed by atoms with Crippen molar-refractivity contribution < 1.29 is 0 Å². The van der Waals surface area contributed by atoms with Crippen LogP contribution in [0.25, 0.3) is 62.3 Å². The Morgan fingerprint density at radius 1 is 0.290 bits per heavy atom. The van der Waals surface area contributed by atoms with Gasteiger partial charge in [-0.15, -0.1) is 0 Å². The molecule has 11 aromatic rings. The molecule has 0 N–H and O–H groups in total. The lowest BCUT2D eigenvalue weighted by molar-refractivity contribution is 1.07. The molecular weight excluding hydrogens is 843 g/mol. The summed E-state index contributed by atoms with van der Waals surface area (Å²) in [5, 5.41) is 0. The summed E-state index contributed by atoms with van der Waals surface area (Å²) in [5.41, 5.74) is 17.9. The van der Waals surface area contributed by atoms with Crippen molar-refractivity contribution in [2.75, 3.05) is 9.80 Å². The molecule has 7 heteroatoms. The van der Waals surface area contributed by atoms with E-state index in [1.807, 2.05) is 12.1 Å². The first kappa shape index (κ1) is 42.7. The standard InChI is InChI=1S/C62H49N7/c1-42-14-30-51(31-15-42)67(52-32-16-43(2)17-33-52)55-38-26-47(27-39-55)60-64-59(46-22-24-49(25-23-46)62-63-57-12-8-9-13-58(57)69(62)50-10-6-5-7-11-50)65-61(66-60)48-28-40-56(41-29-48)68(53-34-18-44(3)19-35-53)54-36-20-45(4)21-37-54/h5-41H,1-4H3. The molecule has 0 aliphatic rings. The normalized spacial score (nSPS) is 11.2. The molecule has 0 unspecified atom stereocenters. The molecule has 0 radical (unpaired) electrons. The van der Waals surface area contributed by atoms with Gasteiger partial charge in [-0.2, -0.15) is 0 Å². The van der Waals surface area contributed by atoms with Gasteiger partial charge in [-0.1, -0.05) is 125 Å². The Balaban J connectivity index is 1.00. The molecule has 0 saturated heterocycles. The highest BCUT2D eigenvalue weighted by Gasteiger charge is 2.19. The summed E-state index contributed by atoms with van der Waals surface area (Å²) < 4.78 is 2.22. The predicted octanol–water partition coefficient (Wildman–Crippen LogP) is 16.1. The molecule has 2 heterocycles. The van der Waals surface area contributed by atoms with Crippen molar-refractivity contribution in [1.82, 2.24) is 24.5 Å². The highest BCUT2D eigenvalue weighted by atomic mass is 15.1. The Hall–Kier alpha value is -8.94. The Bertz CT molecular complexity index is 3280. The summed E-state index contributed by atoms with van der Waals surface area (Å²) in [6.07, 6.45) is 0. The first-order valence-corrected chi connectivity index (χ1v) is 23.3. The molecule has 0 fully saturated rings. The second-order valence-corrected chi connectivity index (χ2v) is 17.6. The summed E-state index contributed by atoms with van der Waals surface area (Å²) in [6, 6.07) is 78.6. The Morgan fingerprint density at radius 2 is 0.594 bits per heavy atom. The lowest BCUT2D eigenvalue weighted by Gasteiger charge is -2.26. The van der Waals surface area contributed by atoms with Gasteiger partial charge < -0.3 is 9.80 Å².